The fourth-order valence-corrected chi connectivity index (χ4v) is 5.62. The van der Waals surface area contributed by atoms with E-state index in [9.17, 15) is 14.4 Å². The summed E-state index contributed by atoms with van der Waals surface area (Å²) in [5, 5.41) is 0.577. The zero-order valence-corrected chi connectivity index (χ0v) is 24.6. The van der Waals surface area contributed by atoms with Crippen LogP contribution >= 0.6 is 0 Å². The molecule has 0 fully saturated rings. The van der Waals surface area contributed by atoms with Gasteiger partial charge in [0.2, 0.25) is 11.8 Å². The summed E-state index contributed by atoms with van der Waals surface area (Å²) >= 11 is 0. The van der Waals surface area contributed by atoms with Crippen molar-refractivity contribution < 1.29 is 14.0 Å². The van der Waals surface area contributed by atoms with Crippen molar-refractivity contribution in [2.24, 2.45) is 5.41 Å². The fraction of sp³-hybridized carbons (Fsp3) is 0.375. The van der Waals surface area contributed by atoms with Crippen molar-refractivity contribution >= 4 is 34.2 Å². The highest BCUT2D eigenvalue weighted by Crippen LogP contribution is 2.39. The molecule has 4 aromatic rings. The fourth-order valence-electron chi connectivity index (χ4n) is 5.62. The van der Waals surface area contributed by atoms with Crippen LogP contribution in [0.3, 0.4) is 0 Å². The van der Waals surface area contributed by atoms with E-state index in [1.807, 2.05) is 57.3 Å². The number of nitrogens with zero attached hydrogens (tertiary/aromatic N) is 5. The van der Waals surface area contributed by atoms with Crippen LogP contribution < -0.4 is 15.4 Å². The molecule has 214 valence electrons. The van der Waals surface area contributed by atoms with E-state index in [-0.39, 0.29) is 17.4 Å². The molecule has 4 heterocycles. The van der Waals surface area contributed by atoms with Gasteiger partial charge in [0, 0.05) is 57.7 Å². The van der Waals surface area contributed by atoms with Crippen LogP contribution in [0.15, 0.2) is 64.3 Å². The monoisotopic (exact) mass is 555 g/mol. The van der Waals surface area contributed by atoms with Gasteiger partial charge in [-0.1, -0.05) is 12.1 Å². The molecule has 0 saturated carbocycles. The van der Waals surface area contributed by atoms with Crippen LogP contribution in [0.1, 0.15) is 43.2 Å². The Morgan fingerprint density at radius 2 is 1.76 bits per heavy atom. The summed E-state index contributed by atoms with van der Waals surface area (Å²) in [7, 11) is 1.73. The first-order valence-electron chi connectivity index (χ1n) is 14.0. The van der Waals surface area contributed by atoms with Gasteiger partial charge in [-0.15, -0.1) is 0 Å². The van der Waals surface area contributed by atoms with E-state index < -0.39 is 5.41 Å². The number of carbonyl (C=O) groups is 2. The smallest absolute Gasteiger partial charge is 0.261 e. The van der Waals surface area contributed by atoms with Crippen LogP contribution in [0.4, 0.5) is 11.4 Å². The van der Waals surface area contributed by atoms with Crippen molar-refractivity contribution in [3.8, 4) is 0 Å². The lowest BCUT2D eigenvalue weighted by atomic mass is 9.90. The predicted octanol–water partition coefficient (Wildman–Crippen LogP) is 4.66. The van der Waals surface area contributed by atoms with Crippen molar-refractivity contribution in [1.29, 1.82) is 0 Å². The van der Waals surface area contributed by atoms with E-state index in [1.54, 1.807) is 53.8 Å². The molecule has 3 aromatic heterocycles. The second-order valence-electron chi connectivity index (χ2n) is 11.3. The van der Waals surface area contributed by atoms with Crippen molar-refractivity contribution in [3.63, 3.8) is 0 Å². The minimum atomic E-state index is -1.16. The molecule has 5 rings (SSSR count). The number of hydrogen-bond donors (Lipinski definition) is 0. The second-order valence-corrected chi connectivity index (χ2v) is 11.3. The quantitative estimate of drug-likeness (QED) is 0.294. The zero-order valence-electron chi connectivity index (χ0n) is 24.6. The molecular weight excluding hydrogens is 518 g/mol. The maximum absolute atomic E-state index is 13.3. The van der Waals surface area contributed by atoms with E-state index in [0.29, 0.717) is 49.4 Å². The van der Waals surface area contributed by atoms with Gasteiger partial charge in [-0.2, -0.15) is 0 Å². The summed E-state index contributed by atoms with van der Waals surface area (Å²) in [6.07, 6.45) is 5.19. The van der Waals surface area contributed by atoms with Gasteiger partial charge < -0.3 is 18.8 Å². The molecule has 1 aliphatic heterocycles. The Bertz CT molecular complexity index is 1690. The normalized spacial score (nSPS) is 15.1. The first kappa shape index (κ1) is 28.3. The molecule has 41 heavy (non-hydrogen) atoms. The van der Waals surface area contributed by atoms with Gasteiger partial charge in [-0.25, -0.2) is 0 Å². The molecule has 0 saturated heterocycles. The predicted molar refractivity (Wildman–Crippen MR) is 160 cm³/mol. The van der Waals surface area contributed by atoms with Gasteiger partial charge in [0.25, 0.3) is 5.56 Å². The minimum Gasteiger partial charge on any atom is -0.464 e. The minimum absolute atomic E-state index is 0.0783. The average Bonchev–Trinajstić information content (AvgIpc) is 3.45. The molecule has 0 spiro atoms. The molecule has 9 heteroatoms. The zero-order chi connectivity index (χ0) is 29.5. The number of hydrogen-bond acceptors (Lipinski definition) is 6. The maximum Gasteiger partial charge on any atom is 0.261 e. The molecule has 0 N–H and O–H groups in total. The van der Waals surface area contributed by atoms with E-state index in [4.69, 9.17) is 4.42 Å². The van der Waals surface area contributed by atoms with E-state index in [0.717, 1.165) is 28.1 Å². The number of aryl methyl sites for hydroxylation is 2. The molecule has 0 aliphatic carbocycles. The third-order valence-corrected chi connectivity index (χ3v) is 8.05. The van der Waals surface area contributed by atoms with Gasteiger partial charge in [-0.3, -0.25) is 24.3 Å². The molecule has 0 radical (unpaired) electrons. The van der Waals surface area contributed by atoms with Gasteiger partial charge in [0.1, 0.15) is 11.0 Å². The molecule has 0 bridgehead atoms. The van der Waals surface area contributed by atoms with Gasteiger partial charge >= 0.3 is 0 Å². The van der Waals surface area contributed by atoms with Crippen LogP contribution in [0.2, 0.25) is 0 Å². The Kier molecular flexibility index (Phi) is 7.57. The van der Waals surface area contributed by atoms with Crippen LogP contribution in [0.25, 0.3) is 11.0 Å². The molecule has 2 amide bonds. The van der Waals surface area contributed by atoms with Crippen LogP contribution in [-0.2, 0) is 29.2 Å². The van der Waals surface area contributed by atoms with Crippen molar-refractivity contribution in [2.45, 2.75) is 54.3 Å². The first-order chi connectivity index (χ1) is 19.5. The summed E-state index contributed by atoms with van der Waals surface area (Å²) in [4.78, 5) is 49.9. The van der Waals surface area contributed by atoms with Crippen molar-refractivity contribution in [3.05, 3.63) is 87.8 Å². The van der Waals surface area contributed by atoms with E-state index >= 15 is 0 Å². The molecule has 1 aromatic carbocycles. The first-order valence-corrected chi connectivity index (χ1v) is 14.0. The number of aromatic nitrogens is 2. The molecular formula is C32H37N5O4. The molecule has 9 nitrogen and oxygen atoms in total. The highest BCUT2D eigenvalue weighted by atomic mass is 16.3. The number of furan rings is 1. The standard InChI is InChI=1S/C32H37N5O4/c1-7-37-26-11-10-23(17-27(26)34(6)30(39)32(4,5)31(37)40)19-35(20-25-21(2)9-8-13-33-25)14-15-36-18-22(3)28-24(29(36)38)12-16-41-28/h8-13,16-18H,7,14-15,19-20H2,1-6H3. The van der Waals surface area contributed by atoms with Gasteiger partial charge in [-0.05, 0) is 70.0 Å². The number of pyridine rings is 2. The summed E-state index contributed by atoms with van der Waals surface area (Å²) in [5.41, 5.74) is 4.79. The Labute approximate surface area is 240 Å². The Morgan fingerprint density at radius 1 is 0.976 bits per heavy atom. The Balaban J connectivity index is 1.47. The highest BCUT2D eigenvalue weighted by Gasteiger charge is 2.45. The number of anilines is 2. The van der Waals surface area contributed by atoms with Crippen molar-refractivity contribution in [2.75, 3.05) is 29.9 Å². The summed E-state index contributed by atoms with van der Waals surface area (Å²) in [6, 6.07) is 11.6. The largest absolute Gasteiger partial charge is 0.464 e. The van der Waals surface area contributed by atoms with Gasteiger partial charge in [0.05, 0.1) is 28.7 Å². The lowest BCUT2D eigenvalue weighted by Crippen LogP contribution is -2.47. The van der Waals surface area contributed by atoms with Crippen LogP contribution in [0, 0.1) is 19.3 Å². The second kappa shape index (κ2) is 11.0. The summed E-state index contributed by atoms with van der Waals surface area (Å²) in [6.45, 7) is 12.0. The van der Waals surface area contributed by atoms with Gasteiger partial charge in [0.15, 0.2) is 0 Å². The maximum atomic E-state index is 13.3. The highest BCUT2D eigenvalue weighted by molar-refractivity contribution is 6.19. The van der Waals surface area contributed by atoms with E-state index in [1.165, 1.54) is 0 Å². The average molecular weight is 556 g/mol. The Hall–Kier alpha value is -4.24. The van der Waals surface area contributed by atoms with E-state index in [2.05, 4.69) is 9.88 Å². The number of benzene rings is 1. The summed E-state index contributed by atoms with van der Waals surface area (Å²) < 4.78 is 7.24. The van der Waals surface area contributed by atoms with Crippen LogP contribution in [0.5, 0.6) is 0 Å². The molecule has 0 atom stereocenters. The number of amides is 2. The van der Waals surface area contributed by atoms with Crippen LogP contribution in [-0.4, -0.2) is 46.4 Å². The molecule has 0 unspecified atom stereocenters. The molecule has 1 aliphatic rings. The number of carbonyl (C=O) groups excluding carboxylic acids is 2. The topological polar surface area (TPSA) is 91.9 Å². The lowest BCUT2D eigenvalue weighted by Gasteiger charge is -2.27. The Morgan fingerprint density at radius 3 is 2.49 bits per heavy atom. The lowest BCUT2D eigenvalue weighted by molar-refractivity contribution is -0.137. The summed E-state index contributed by atoms with van der Waals surface area (Å²) in [5.74, 6) is -0.437. The van der Waals surface area contributed by atoms with Crippen molar-refractivity contribution in [1.82, 2.24) is 14.5 Å². The third-order valence-electron chi connectivity index (χ3n) is 8.05. The third kappa shape index (κ3) is 5.17. The number of fused-ring (bicyclic) bond motifs is 2. The SMILES string of the molecule is CCN1C(=O)C(C)(C)C(=O)N(C)c2cc(CN(CCn3cc(C)c4occc4c3=O)Cc3ncccc3C)ccc21. The number of rotatable bonds is 8.